The van der Waals surface area contributed by atoms with Crippen molar-refractivity contribution in [2.24, 2.45) is 0 Å². The summed E-state index contributed by atoms with van der Waals surface area (Å²) in [4.78, 5) is 12.0. The van der Waals surface area contributed by atoms with Crippen molar-refractivity contribution in [2.75, 3.05) is 11.1 Å². The Morgan fingerprint density at radius 1 is 1.16 bits per heavy atom. The highest BCUT2D eigenvalue weighted by molar-refractivity contribution is 9.10. The molecule has 2 aromatic rings. The zero-order valence-corrected chi connectivity index (χ0v) is 12.8. The lowest BCUT2D eigenvalue weighted by molar-refractivity contribution is 0.102. The van der Waals surface area contributed by atoms with Gasteiger partial charge in [0.1, 0.15) is 5.82 Å². The summed E-state index contributed by atoms with van der Waals surface area (Å²) in [6, 6.07) is 9.19. The van der Waals surface area contributed by atoms with Crippen LogP contribution >= 0.6 is 31.9 Å². The second-order valence-corrected chi connectivity index (χ2v) is 5.58. The van der Waals surface area contributed by atoms with Crippen LogP contribution in [0.3, 0.4) is 0 Å². The number of nitrogens with two attached hydrogens (primary N) is 1. The molecular weight excluding hydrogens is 379 g/mol. The Morgan fingerprint density at radius 2 is 1.89 bits per heavy atom. The summed E-state index contributed by atoms with van der Waals surface area (Å²) < 4.78 is 14.8. The van der Waals surface area contributed by atoms with E-state index in [-0.39, 0.29) is 5.69 Å². The number of nitrogen functional groups attached to an aromatic ring is 1. The SMILES string of the molecule is Nc1ccc(C(=O)Nc2ccc(Br)cc2F)cc1Br. The lowest BCUT2D eigenvalue weighted by Crippen LogP contribution is -2.13. The van der Waals surface area contributed by atoms with Crippen LogP contribution in [0.4, 0.5) is 15.8 Å². The van der Waals surface area contributed by atoms with Crippen molar-refractivity contribution in [3.8, 4) is 0 Å². The van der Waals surface area contributed by atoms with Gasteiger partial charge in [-0.1, -0.05) is 15.9 Å². The predicted octanol–water partition coefficient (Wildman–Crippen LogP) is 4.19. The standard InChI is InChI=1S/C13H9Br2FN2O/c14-8-2-4-12(10(16)6-8)18-13(19)7-1-3-11(17)9(15)5-7/h1-6H,17H2,(H,18,19). The first-order valence-corrected chi connectivity index (χ1v) is 6.87. The van der Waals surface area contributed by atoms with E-state index >= 15 is 0 Å². The van der Waals surface area contributed by atoms with E-state index in [1.54, 1.807) is 24.3 Å². The molecule has 2 rings (SSSR count). The number of benzene rings is 2. The van der Waals surface area contributed by atoms with Crippen molar-refractivity contribution in [3.05, 3.63) is 56.7 Å². The highest BCUT2D eigenvalue weighted by Crippen LogP contribution is 2.23. The third-order valence-electron chi connectivity index (χ3n) is 2.44. The number of anilines is 2. The van der Waals surface area contributed by atoms with Crippen LogP contribution in [0.1, 0.15) is 10.4 Å². The molecule has 0 aromatic heterocycles. The Balaban J connectivity index is 2.23. The Hall–Kier alpha value is -1.40. The van der Waals surface area contributed by atoms with Gasteiger partial charge < -0.3 is 11.1 Å². The second-order valence-electron chi connectivity index (χ2n) is 3.81. The van der Waals surface area contributed by atoms with Gasteiger partial charge in [-0.05, 0) is 52.3 Å². The van der Waals surface area contributed by atoms with Crippen LogP contribution in [0.5, 0.6) is 0 Å². The number of hydrogen-bond donors (Lipinski definition) is 2. The van der Waals surface area contributed by atoms with E-state index in [0.717, 1.165) is 0 Å². The molecule has 0 atom stereocenters. The van der Waals surface area contributed by atoms with Crippen molar-refractivity contribution in [1.82, 2.24) is 0 Å². The fourth-order valence-corrected chi connectivity index (χ4v) is 2.17. The van der Waals surface area contributed by atoms with Gasteiger partial charge in [0.05, 0.1) is 5.69 Å². The van der Waals surface area contributed by atoms with Gasteiger partial charge in [0.15, 0.2) is 0 Å². The first-order valence-electron chi connectivity index (χ1n) is 5.29. The molecular formula is C13H9Br2FN2O. The molecule has 2 aromatic carbocycles. The summed E-state index contributed by atoms with van der Waals surface area (Å²) in [5, 5.41) is 2.50. The first kappa shape index (κ1) is 14.0. The summed E-state index contributed by atoms with van der Waals surface area (Å²) >= 11 is 6.39. The number of rotatable bonds is 2. The molecule has 1 amide bonds. The number of carbonyl (C=O) groups excluding carboxylic acids is 1. The van der Waals surface area contributed by atoms with E-state index in [1.807, 2.05) is 0 Å². The molecule has 3 N–H and O–H groups in total. The van der Waals surface area contributed by atoms with Gasteiger partial charge in [-0.2, -0.15) is 0 Å². The van der Waals surface area contributed by atoms with Gasteiger partial charge >= 0.3 is 0 Å². The molecule has 6 heteroatoms. The van der Waals surface area contributed by atoms with Gasteiger partial charge in [0, 0.05) is 20.2 Å². The number of amides is 1. The molecule has 0 unspecified atom stereocenters. The minimum Gasteiger partial charge on any atom is -0.398 e. The van der Waals surface area contributed by atoms with E-state index in [2.05, 4.69) is 37.2 Å². The zero-order valence-electron chi connectivity index (χ0n) is 9.58. The van der Waals surface area contributed by atoms with E-state index in [9.17, 15) is 9.18 Å². The molecule has 0 spiro atoms. The van der Waals surface area contributed by atoms with Crippen molar-refractivity contribution >= 4 is 49.1 Å². The Morgan fingerprint density at radius 3 is 2.53 bits per heavy atom. The van der Waals surface area contributed by atoms with Gasteiger partial charge in [-0.25, -0.2) is 4.39 Å². The molecule has 0 saturated heterocycles. The molecule has 98 valence electrons. The largest absolute Gasteiger partial charge is 0.398 e. The first-order chi connectivity index (χ1) is 8.97. The predicted molar refractivity (Wildman–Crippen MR) is 80.6 cm³/mol. The van der Waals surface area contributed by atoms with Gasteiger partial charge in [0.25, 0.3) is 5.91 Å². The molecule has 0 aliphatic carbocycles. The molecule has 3 nitrogen and oxygen atoms in total. The maximum absolute atomic E-state index is 13.6. The summed E-state index contributed by atoms with van der Waals surface area (Å²) in [5.41, 5.74) is 6.69. The molecule has 0 bridgehead atoms. The minimum absolute atomic E-state index is 0.126. The number of hydrogen-bond acceptors (Lipinski definition) is 2. The zero-order chi connectivity index (χ0) is 14.0. The summed E-state index contributed by atoms with van der Waals surface area (Å²) in [5.74, 6) is -0.904. The van der Waals surface area contributed by atoms with Crippen molar-refractivity contribution in [2.45, 2.75) is 0 Å². The number of nitrogens with one attached hydrogen (secondary N) is 1. The van der Waals surface area contributed by atoms with Crippen molar-refractivity contribution in [3.63, 3.8) is 0 Å². The Labute approximate surface area is 126 Å². The van der Waals surface area contributed by atoms with Crippen LogP contribution < -0.4 is 11.1 Å². The second kappa shape index (κ2) is 5.71. The van der Waals surface area contributed by atoms with Crippen molar-refractivity contribution < 1.29 is 9.18 Å². The average Bonchev–Trinajstić information content (AvgIpc) is 2.36. The maximum atomic E-state index is 13.6. The van der Waals surface area contributed by atoms with Crippen LogP contribution in [0.15, 0.2) is 45.3 Å². The van der Waals surface area contributed by atoms with E-state index in [1.165, 1.54) is 12.1 Å². The van der Waals surface area contributed by atoms with Crippen LogP contribution in [-0.4, -0.2) is 5.91 Å². The molecule has 0 aliphatic heterocycles. The smallest absolute Gasteiger partial charge is 0.255 e. The highest BCUT2D eigenvalue weighted by atomic mass is 79.9. The van der Waals surface area contributed by atoms with E-state index in [0.29, 0.717) is 20.2 Å². The monoisotopic (exact) mass is 386 g/mol. The molecule has 0 aliphatic rings. The molecule has 19 heavy (non-hydrogen) atoms. The minimum atomic E-state index is -0.503. The maximum Gasteiger partial charge on any atom is 0.255 e. The van der Waals surface area contributed by atoms with Crippen LogP contribution in [-0.2, 0) is 0 Å². The third-order valence-corrected chi connectivity index (χ3v) is 3.62. The van der Waals surface area contributed by atoms with E-state index < -0.39 is 11.7 Å². The topological polar surface area (TPSA) is 55.1 Å². The fraction of sp³-hybridized carbons (Fsp3) is 0. The molecule has 0 heterocycles. The fourth-order valence-electron chi connectivity index (χ4n) is 1.45. The van der Waals surface area contributed by atoms with Gasteiger partial charge in [-0.3, -0.25) is 4.79 Å². The van der Waals surface area contributed by atoms with Crippen LogP contribution in [0.25, 0.3) is 0 Å². The third kappa shape index (κ3) is 3.33. The Bertz CT molecular complexity index is 647. The number of halogens is 3. The number of carbonyl (C=O) groups is 1. The normalized spacial score (nSPS) is 10.3. The lowest BCUT2D eigenvalue weighted by Gasteiger charge is -2.07. The van der Waals surface area contributed by atoms with Crippen LogP contribution in [0, 0.1) is 5.82 Å². The highest BCUT2D eigenvalue weighted by Gasteiger charge is 2.10. The average molecular weight is 388 g/mol. The summed E-state index contributed by atoms with van der Waals surface area (Å²) in [6.07, 6.45) is 0. The summed E-state index contributed by atoms with van der Waals surface area (Å²) in [6.45, 7) is 0. The molecule has 0 saturated carbocycles. The van der Waals surface area contributed by atoms with Crippen LogP contribution in [0.2, 0.25) is 0 Å². The lowest BCUT2D eigenvalue weighted by atomic mass is 10.2. The van der Waals surface area contributed by atoms with Gasteiger partial charge in [0.2, 0.25) is 0 Å². The van der Waals surface area contributed by atoms with Crippen molar-refractivity contribution in [1.29, 1.82) is 0 Å². The Kier molecular flexibility index (Phi) is 4.21. The molecule has 0 fully saturated rings. The van der Waals surface area contributed by atoms with Gasteiger partial charge in [-0.15, -0.1) is 0 Å². The summed E-state index contributed by atoms with van der Waals surface area (Å²) in [7, 11) is 0. The van der Waals surface area contributed by atoms with E-state index in [4.69, 9.17) is 5.73 Å². The molecule has 0 radical (unpaired) electrons. The quantitative estimate of drug-likeness (QED) is 0.759.